The Morgan fingerprint density at radius 3 is 2.83 bits per heavy atom. The van der Waals surface area contributed by atoms with Gasteiger partial charge in [0.15, 0.2) is 0 Å². The number of carbonyl (C=O) groups is 2. The standard InChI is InChI=1S/C18H21N3O2S/c22-17(20-11-15-6-9-24-13-15)10-16-18(23)19-7-8-21(16)12-14-4-2-1-3-5-14/h1-6,9,13,16H,7-8,10-12H2,(H,19,23)(H,20,22)/t16-/m0/s1. The first-order valence-corrected chi connectivity index (χ1v) is 9.00. The van der Waals surface area contributed by atoms with Crippen LogP contribution in [-0.2, 0) is 22.7 Å². The summed E-state index contributed by atoms with van der Waals surface area (Å²) >= 11 is 1.61. The summed E-state index contributed by atoms with van der Waals surface area (Å²) < 4.78 is 0. The quantitative estimate of drug-likeness (QED) is 0.840. The van der Waals surface area contributed by atoms with Crippen molar-refractivity contribution in [2.75, 3.05) is 13.1 Å². The Morgan fingerprint density at radius 1 is 1.25 bits per heavy atom. The Labute approximate surface area is 145 Å². The Balaban J connectivity index is 1.59. The Bertz CT molecular complexity index is 673. The second kappa shape index (κ2) is 8.08. The van der Waals surface area contributed by atoms with E-state index >= 15 is 0 Å². The van der Waals surface area contributed by atoms with Crippen LogP contribution < -0.4 is 10.6 Å². The lowest BCUT2D eigenvalue weighted by atomic mass is 10.1. The van der Waals surface area contributed by atoms with Crippen LogP contribution in [0.5, 0.6) is 0 Å². The molecular formula is C18H21N3O2S. The molecule has 2 heterocycles. The molecule has 126 valence electrons. The summed E-state index contributed by atoms with van der Waals surface area (Å²) in [5.74, 6) is -0.163. The van der Waals surface area contributed by atoms with Crippen molar-refractivity contribution in [1.29, 1.82) is 0 Å². The van der Waals surface area contributed by atoms with E-state index in [9.17, 15) is 9.59 Å². The molecule has 1 aromatic heterocycles. The number of benzene rings is 1. The summed E-state index contributed by atoms with van der Waals surface area (Å²) in [6, 6.07) is 11.6. The lowest BCUT2D eigenvalue weighted by molar-refractivity contribution is -0.134. The van der Waals surface area contributed by atoms with Crippen LogP contribution in [0.15, 0.2) is 47.2 Å². The second-order valence-electron chi connectivity index (χ2n) is 5.88. The normalized spacial score (nSPS) is 18.2. The fraction of sp³-hybridized carbons (Fsp3) is 0.333. The highest BCUT2D eigenvalue weighted by Gasteiger charge is 2.31. The van der Waals surface area contributed by atoms with Gasteiger partial charge in [0.05, 0.1) is 12.5 Å². The molecule has 6 heteroatoms. The number of nitrogens with one attached hydrogen (secondary N) is 2. The van der Waals surface area contributed by atoms with Crippen molar-refractivity contribution in [1.82, 2.24) is 15.5 Å². The molecule has 1 fully saturated rings. The number of nitrogens with zero attached hydrogens (tertiary/aromatic N) is 1. The van der Waals surface area contributed by atoms with Crippen LogP contribution in [0.1, 0.15) is 17.5 Å². The molecule has 2 N–H and O–H groups in total. The van der Waals surface area contributed by atoms with E-state index in [0.29, 0.717) is 19.6 Å². The average Bonchev–Trinajstić information content (AvgIpc) is 3.11. The zero-order chi connectivity index (χ0) is 16.8. The van der Waals surface area contributed by atoms with Crippen molar-refractivity contribution >= 4 is 23.2 Å². The van der Waals surface area contributed by atoms with E-state index < -0.39 is 6.04 Å². The number of amides is 2. The molecule has 0 saturated carbocycles. The highest BCUT2D eigenvalue weighted by molar-refractivity contribution is 7.07. The number of piperazine rings is 1. The van der Waals surface area contributed by atoms with Gasteiger partial charge >= 0.3 is 0 Å². The van der Waals surface area contributed by atoms with Crippen LogP contribution in [0.3, 0.4) is 0 Å². The number of hydrogen-bond donors (Lipinski definition) is 2. The number of thiophene rings is 1. The molecule has 2 aromatic rings. The van der Waals surface area contributed by atoms with E-state index in [4.69, 9.17) is 0 Å². The van der Waals surface area contributed by atoms with Crippen molar-refractivity contribution in [3.8, 4) is 0 Å². The Hall–Kier alpha value is -2.18. The maximum atomic E-state index is 12.2. The van der Waals surface area contributed by atoms with Gasteiger partial charge in [-0.1, -0.05) is 30.3 Å². The SMILES string of the molecule is O=C(C[C@H]1C(=O)NCCN1Cc1ccccc1)NCc1ccsc1. The minimum Gasteiger partial charge on any atom is -0.353 e. The summed E-state index contributed by atoms with van der Waals surface area (Å²) in [4.78, 5) is 26.5. The third kappa shape index (κ3) is 4.43. The molecule has 1 atom stereocenters. The van der Waals surface area contributed by atoms with E-state index in [-0.39, 0.29) is 18.2 Å². The molecule has 1 aliphatic rings. The van der Waals surface area contributed by atoms with Crippen molar-refractivity contribution in [2.45, 2.75) is 25.6 Å². The van der Waals surface area contributed by atoms with Gasteiger partial charge in [0.1, 0.15) is 0 Å². The maximum Gasteiger partial charge on any atom is 0.237 e. The van der Waals surface area contributed by atoms with Gasteiger partial charge < -0.3 is 10.6 Å². The molecule has 3 rings (SSSR count). The van der Waals surface area contributed by atoms with Gasteiger partial charge in [-0.2, -0.15) is 11.3 Å². The second-order valence-corrected chi connectivity index (χ2v) is 6.66. The van der Waals surface area contributed by atoms with E-state index in [1.807, 2.05) is 47.2 Å². The van der Waals surface area contributed by atoms with Gasteiger partial charge in [0.2, 0.25) is 11.8 Å². The molecule has 0 radical (unpaired) electrons. The number of rotatable bonds is 6. The van der Waals surface area contributed by atoms with Gasteiger partial charge in [0.25, 0.3) is 0 Å². The predicted molar refractivity (Wildman–Crippen MR) is 94.4 cm³/mol. The number of hydrogen-bond acceptors (Lipinski definition) is 4. The van der Waals surface area contributed by atoms with Gasteiger partial charge in [-0.25, -0.2) is 0 Å². The molecule has 0 aliphatic carbocycles. The molecule has 0 spiro atoms. The van der Waals surface area contributed by atoms with Crippen LogP contribution in [0.4, 0.5) is 0 Å². The fourth-order valence-electron chi connectivity index (χ4n) is 2.83. The molecule has 1 aliphatic heterocycles. The van der Waals surface area contributed by atoms with Crippen molar-refractivity contribution in [3.05, 3.63) is 58.3 Å². The maximum absolute atomic E-state index is 12.2. The van der Waals surface area contributed by atoms with Crippen LogP contribution in [0.25, 0.3) is 0 Å². The highest BCUT2D eigenvalue weighted by atomic mass is 32.1. The molecule has 2 amide bonds. The monoisotopic (exact) mass is 343 g/mol. The first-order chi connectivity index (χ1) is 11.7. The lowest BCUT2D eigenvalue weighted by Gasteiger charge is -2.34. The van der Waals surface area contributed by atoms with E-state index in [0.717, 1.165) is 17.7 Å². The minimum absolute atomic E-state index is 0.0668. The summed E-state index contributed by atoms with van der Waals surface area (Å²) in [5, 5.41) is 9.76. The summed E-state index contributed by atoms with van der Waals surface area (Å²) in [5.41, 5.74) is 2.23. The van der Waals surface area contributed by atoms with E-state index in [1.54, 1.807) is 11.3 Å². The van der Waals surface area contributed by atoms with Crippen molar-refractivity contribution < 1.29 is 9.59 Å². The van der Waals surface area contributed by atoms with Crippen LogP contribution in [0, 0.1) is 0 Å². The lowest BCUT2D eigenvalue weighted by Crippen LogP contribution is -2.56. The van der Waals surface area contributed by atoms with Crippen LogP contribution >= 0.6 is 11.3 Å². The third-order valence-corrected chi connectivity index (χ3v) is 4.85. The summed E-state index contributed by atoms with van der Waals surface area (Å²) in [7, 11) is 0. The van der Waals surface area contributed by atoms with Gasteiger partial charge in [0, 0.05) is 26.2 Å². The first kappa shape index (κ1) is 16.7. The average molecular weight is 343 g/mol. The summed E-state index contributed by atoms with van der Waals surface area (Å²) in [6.07, 6.45) is 0.183. The molecule has 24 heavy (non-hydrogen) atoms. The van der Waals surface area contributed by atoms with E-state index in [2.05, 4.69) is 15.5 Å². The van der Waals surface area contributed by atoms with Crippen molar-refractivity contribution in [3.63, 3.8) is 0 Å². The smallest absolute Gasteiger partial charge is 0.237 e. The minimum atomic E-state index is -0.415. The first-order valence-electron chi connectivity index (χ1n) is 8.06. The van der Waals surface area contributed by atoms with Gasteiger partial charge in [-0.15, -0.1) is 0 Å². The van der Waals surface area contributed by atoms with Gasteiger partial charge in [-0.3, -0.25) is 14.5 Å². The van der Waals surface area contributed by atoms with Gasteiger partial charge in [-0.05, 0) is 28.0 Å². The molecule has 1 saturated heterocycles. The Kier molecular flexibility index (Phi) is 5.61. The third-order valence-electron chi connectivity index (χ3n) is 4.12. The molecule has 0 bridgehead atoms. The largest absolute Gasteiger partial charge is 0.353 e. The fourth-order valence-corrected chi connectivity index (χ4v) is 3.50. The van der Waals surface area contributed by atoms with Crippen LogP contribution in [0.2, 0.25) is 0 Å². The van der Waals surface area contributed by atoms with Crippen molar-refractivity contribution in [2.24, 2.45) is 0 Å². The molecule has 0 unspecified atom stereocenters. The molecule has 5 nitrogen and oxygen atoms in total. The Morgan fingerprint density at radius 2 is 2.08 bits per heavy atom. The number of carbonyl (C=O) groups excluding carboxylic acids is 2. The highest BCUT2D eigenvalue weighted by Crippen LogP contribution is 2.14. The zero-order valence-corrected chi connectivity index (χ0v) is 14.2. The predicted octanol–water partition coefficient (Wildman–Crippen LogP) is 1.75. The molecule has 1 aromatic carbocycles. The summed E-state index contributed by atoms with van der Waals surface area (Å²) in [6.45, 7) is 2.56. The molecular weight excluding hydrogens is 322 g/mol. The van der Waals surface area contributed by atoms with Crippen LogP contribution in [-0.4, -0.2) is 35.8 Å². The van der Waals surface area contributed by atoms with E-state index in [1.165, 1.54) is 0 Å². The zero-order valence-electron chi connectivity index (χ0n) is 13.4. The topological polar surface area (TPSA) is 61.4 Å².